The monoisotopic (exact) mass is 160 g/mol. The van der Waals surface area contributed by atoms with Crippen LogP contribution in [-0.4, -0.2) is 51.8 Å². The van der Waals surface area contributed by atoms with E-state index in [1.807, 2.05) is 0 Å². The van der Waals surface area contributed by atoms with Gasteiger partial charge in [0.15, 0.2) is 0 Å². The molecule has 0 radical (unpaired) electrons. The molecule has 3 heteroatoms. The van der Waals surface area contributed by atoms with Gasteiger partial charge >= 0.3 is 0 Å². The first-order valence-corrected chi connectivity index (χ1v) is 4.19. The van der Waals surface area contributed by atoms with Crippen molar-refractivity contribution in [3.8, 4) is 0 Å². The molecule has 0 saturated carbocycles. The molecule has 0 aliphatic rings. The highest BCUT2D eigenvalue weighted by Crippen LogP contribution is 1.80. The minimum absolute atomic E-state index is 0.822. The van der Waals surface area contributed by atoms with Crippen molar-refractivity contribution in [1.82, 2.24) is 10.2 Å². The van der Waals surface area contributed by atoms with Crippen molar-refractivity contribution < 1.29 is 4.74 Å². The van der Waals surface area contributed by atoms with Gasteiger partial charge in [-0.2, -0.15) is 0 Å². The molecule has 0 unspecified atom stereocenters. The van der Waals surface area contributed by atoms with Crippen molar-refractivity contribution >= 4 is 0 Å². The van der Waals surface area contributed by atoms with Crippen LogP contribution < -0.4 is 5.32 Å². The highest BCUT2D eigenvalue weighted by atomic mass is 16.5. The number of methoxy groups -OCH3 is 1. The van der Waals surface area contributed by atoms with Crippen molar-refractivity contribution in [2.24, 2.45) is 0 Å². The van der Waals surface area contributed by atoms with Crippen LogP contribution in [-0.2, 0) is 4.74 Å². The van der Waals surface area contributed by atoms with E-state index in [1.54, 1.807) is 7.11 Å². The third kappa shape index (κ3) is 7.78. The van der Waals surface area contributed by atoms with Crippen LogP contribution in [0.2, 0.25) is 0 Å². The molecule has 0 aromatic heterocycles. The lowest BCUT2D eigenvalue weighted by molar-refractivity contribution is 0.161. The van der Waals surface area contributed by atoms with Gasteiger partial charge in [-0.1, -0.05) is 6.92 Å². The zero-order chi connectivity index (χ0) is 8.53. The Hall–Kier alpha value is -0.120. The van der Waals surface area contributed by atoms with Crippen molar-refractivity contribution in [1.29, 1.82) is 0 Å². The first-order chi connectivity index (χ1) is 5.31. The molecule has 0 aromatic rings. The predicted octanol–water partition coefficient (Wildman–Crippen LogP) is 0.174. The summed E-state index contributed by atoms with van der Waals surface area (Å²) in [6, 6.07) is 0. The molecule has 0 amide bonds. The number of likely N-dealkylation sites (N-methyl/N-ethyl adjacent to an activating group) is 2. The largest absolute Gasteiger partial charge is 0.383 e. The molecule has 3 nitrogen and oxygen atoms in total. The first-order valence-electron chi connectivity index (χ1n) is 4.19. The average molecular weight is 160 g/mol. The summed E-state index contributed by atoms with van der Waals surface area (Å²) in [5.41, 5.74) is 0. The minimum atomic E-state index is 0.822. The summed E-state index contributed by atoms with van der Waals surface area (Å²) in [6.45, 7) is 7.17. The summed E-state index contributed by atoms with van der Waals surface area (Å²) >= 11 is 0. The zero-order valence-corrected chi connectivity index (χ0v) is 7.89. The number of nitrogens with zero attached hydrogens (tertiary/aromatic N) is 1. The van der Waals surface area contributed by atoms with Crippen LogP contribution in [0.15, 0.2) is 0 Å². The third-order valence-corrected chi connectivity index (χ3v) is 1.60. The lowest BCUT2D eigenvalue weighted by Gasteiger charge is -2.15. The molecule has 68 valence electrons. The van der Waals surface area contributed by atoms with E-state index in [-0.39, 0.29) is 0 Å². The van der Waals surface area contributed by atoms with E-state index in [4.69, 9.17) is 4.74 Å². The van der Waals surface area contributed by atoms with Crippen molar-refractivity contribution in [3.63, 3.8) is 0 Å². The van der Waals surface area contributed by atoms with Gasteiger partial charge in [-0.3, -0.25) is 0 Å². The fourth-order valence-corrected chi connectivity index (χ4v) is 0.806. The van der Waals surface area contributed by atoms with Crippen LogP contribution in [0, 0.1) is 0 Å². The van der Waals surface area contributed by atoms with E-state index in [9.17, 15) is 0 Å². The Balaban J connectivity index is 3.02. The predicted molar refractivity (Wildman–Crippen MR) is 47.9 cm³/mol. The standard InChI is InChI=1S/C8H20N2O/c1-4-9-5-6-10(2)7-8-11-3/h9H,4-8H2,1-3H3. The second kappa shape index (κ2) is 7.98. The van der Waals surface area contributed by atoms with Crippen LogP contribution >= 0.6 is 0 Å². The molecule has 0 bridgehead atoms. The zero-order valence-electron chi connectivity index (χ0n) is 7.89. The SMILES string of the molecule is CCNCCN(C)CCOC. The number of hydrogen-bond acceptors (Lipinski definition) is 3. The van der Waals surface area contributed by atoms with Crippen LogP contribution in [0.5, 0.6) is 0 Å². The lowest BCUT2D eigenvalue weighted by Crippen LogP contribution is -2.31. The highest BCUT2D eigenvalue weighted by molar-refractivity contribution is 4.52. The van der Waals surface area contributed by atoms with Crippen LogP contribution in [0.3, 0.4) is 0 Å². The normalized spacial score (nSPS) is 10.9. The Labute approximate surface area is 69.7 Å². The highest BCUT2D eigenvalue weighted by Gasteiger charge is 1.94. The summed E-state index contributed by atoms with van der Waals surface area (Å²) in [5.74, 6) is 0. The Morgan fingerprint density at radius 2 is 2.09 bits per heavy atom. The van der Waals surface area contributed by atoms with Crippen LogP contribution in [0.25, 0.3) is 0 Å². The molecule has 0 atom stereocenters. The van der Waals surface area contributed by atoms with Gasteiger partial charge in [0.05, 0.1) is 6.61 Å². The maximum Gasteiger partial charge on any atom is 0.0589 e. The second-order valence-electron chi connectivity index (χ2n) is 2.65. The molecule has 0 spiro atoms. The van der Waals surface area contributed by atoms with E-state index in [1.165, 1.54) is 0 Å². The lowest BCUT2D eigenvalue weighted by atomic mass is 10.5. The molecule has 0 rings (SSSR count). The van der Waals surface area contributed by atoms with Crippen LogP contribution in [0.1, 0.15) is 6.92 Å². The Morgan fingerprint density at radius 1 is 1.36 bits per heavy atom. The van der Waals surface area contributed by atoms with Crippen molar-refractivity contribution in [3.05, 3.63) is 0 Å². The van der Waals surface area contributed by atoms with Gasteiger partial charge in [-0.05, 0) is 13.6 Å². The summed E-state index contributed by atoms with van der Waals surface area (Å²) in [5, 5.41) is 3.27. The maximum atomic E-state index is 4.96. The summed E-state index contributed by atoms with van der Waals surface area (Å²) in [6.07, 6.45) is 0. The van der Waals surface area contributed by atoms with E-state index in [0.29, 0.717) is 0 Å². The van der Waals surface area contributed by atoms with Crippen LogP contribution in [0.4, 0.5) is 0 Å². The van der Waals surface area contributed by atoms with Gasteiger partial charge in [-0.15, -0.1) is 0 Å². The van der Waals surface area contributed by atoms with E-state index < -0.39 is 0 Å². The van der Waals surface area contributed by atoms with Gasteiger partial charge in [0, 0.05) is 26.7 Å². The van der Waals surface area contributed by atoms with Gasteiger partial charge in [0.1, 0.15) is 0 Å². The Kier molecular flexibility index (Phi) is 7.89. The Morgan fingerprint density at radius 3 is 2.64 bits per heavy atom. The van der Waals surface area contributed by atoms with E-state index >= 15 is 0 Å². The number of nitrogens with one attached hydrogen (secondary N) is 1. The fourth-order valence-electron chi connectivity index (χ4n) is 0.806. The Bertz CT molecular complexity index is 78.5. The molecule has 0 aliphatic carbocycles. The number of hydrogen-bond donors (Lipinski definition) is 1. The molecule has 0 aliphatic heterocycles. The fraction of sp³-hybridized carbons (Fsp3) is 1.00. The minimum Gasteiger partial charge on any atom is -0.383 e. The number of ether oxygens (including phenoxy) is 1. The third-order valence-electron chi connectivity index (χ3n) is 1.60. The second-order valence-corrected chi connectivity index (χ2v) is 2.65. The summed E-state index contributed by atoms with van der Waals surface area (Å²) in [7, 11) is 3.84. The molecule has 11 heavy (non-hydrogen) atoms. The molecule has 0 saturated heterocycles. The smallest absolute Gasteiger partial charge is 0.0589 e. The first kappa shape index (κ1) is 10.9. The van der Waals surface area contributed by atoms with E-state index in [2.05, 4.69) is 24.2 Å². The van der Waals surface area contributed by atoms with Gasteiger partial charge < -0.3 is 15.0 Å². The van der Waals surface area contributed by atoms with Crippen molar-refractivity contribution in [2.45, 2.75) is 6.92 Å². The van der Waals surface area contributed by atoms with Gasteiger partial charge in [0.25, 0.3) is 0 Å². The van der Waals surface area contributed by atoms with Crippen molar-refractivity contribution in [2.75, 3.05) is 46.9 Å². The molecule has 0 heterocycles. The summed E-state index contributed by atoms with van der Waals surface area (Å²) in [4.78, 5) is 2.26. The van der Waals surface area contributed by atoms with Gasteiger partial charge in [0.2, 0.25) is 0 Å². The maximum absolute atomic E-state index is 4.96. The summed E-state index contributed by atoms with van der Waals surface area (Å²) < 4.78 is 4.96. The molecular formula is C8H20N2O. The van der Waals surface area contributed by atoms with E-state index in [0.717, 1.165) is 32.8 Å². The molecule has 0 fully saturated rings. The molecule has 1 N–H and O–H groups in total. The molecule has 0 aromatic carbocycles. The molecular weight excluding hydrogens is 140 g/mol. The average Bonchev–Trinajstić information content (AvgIpc) is 2.01. The quantitative estimate of drug-likeness (QED) is 0.537. The van der Waals surface area contributed by atoms with Gasteiger partial charge in [-0.25, -0.2) is 0 Å². The number of rotatable bonds is 7. The topological polar surface area (TPSA) is 24.5 Å².